The van der Waals surface area contributed by atoms with Crippen LogP contribution in [0.25, 0.3) is 0 Å². The van der Waals surface area contributed by atoms with Crippen LogP contribution < -0.4 is 5.56 Å². The van der Waals surface area contributed by atoms with Crippen LogP contribution in [0, 0.1) is 5.92 Å². The lowest BCUT2D eigenvalue weighted by Crippen LogP contribution is -2.47. The molecule has 0 aromatic carbocycles. The number of ether oxygens (including phenoxy) is 1. The van der Waals surface area contributed by atoms with Crippen molar-refractivity contribution in [3.8, 4) is 0 Å². The Hall–Kier alpha value is -1.97. The molecule has 2 rings (SSSR count). The molecule has 0 radical (unpaired) electrons. The highest BCUT2D eigenvalue weighted by molar-refractivity contribution is 5.74. The molecular weight excluding hydrogens is 341 g/mol. The normalized spacial score (nSPS) is 30.8. The second-order valence-electron chi connectivity index (χ2n) is 5.79. The van der Waals surface area contributed by atoms with E-state index in [9.17, 15) is 31.5 Å². The molecule has 24 heavy (non-hydrogen) atoms. The number of carboxylic acid groups (broad SMARTS) is 1. The minimum Gasteiger partial charge on any atom is -0.479 e. The van der Waals surface area contributed by atoms with Crippen LogP contribution in [0.4, 0.5) is 22.0 Å². The van der Waals surface area contributed by atoms with Crippen LogP contribution in [0.15, 0.2) is 16.9 Å². The summed E-state index contributed by atoms with van der Waals surface area (Å²) in [4.78, 5) is 25.2. The summed E-state index contributed by atoms with van der Waals surface area (Å²) in [6.45, 7) is 1.82. The van der Waals surface area contributed by atoms with Gasteiger partial charge in [0.2, 0.25) is 0 Å². The first-order chi connectivity index (χ1) is 10.9. The number of rotatable bonds is 3. The van der Waals surface area contributed by atoms with Gasteiger partial charge in [0.1, 0.15) is 0 Å². The molecule has 1 aromatic rings. The third-order valence-corrected chi connectivity index (χ3v) is 4.47. The second-order valence-corrected chi connectivity index (χ2v) is 5.79. The van der Waals surface area contributed by atoms with Crippen molar-refractivity contribution in [3.63, 3.8) is 0 Å². The smallest absolute Gasteiger partial charge is 0.417 e. The molecule has 0 saturated carbocycles. The van der Waals surface area contributed by atoms with E-state index in [1.165, 1.54) is 0 Å². The first kappa shape index (κ1) is 18.4. The highest BCUT2D eigenvalue weighted by Gasteiger charge is 2.65. The molecule has 1 aliphatic rings. The maximum Gasteiger partial charge on any atom is 0.417 e. The largest absolute Gasteiger partial charge is 0.479 e. The van der Waals surface area contributed by atoms with Crippen molar-refractivity contribution in [1.82, 2.24) is 4.98 Å². The van der Waals surface area contributed by atoms with Crippen molar-refractivity contribution in [3.05, 3.63) is 33.7 Å². The van der Waals surface area contributed by atoms with Gasteiger partial charge < -0.3 is 14.8 Å². The zero-order valence-electron chi connectivity index (χ0n) is 12.5. The molecule has 0 bridgehead atoms. The number of H-pyrrole nitrogens is 1. The van der Waals surface area contributed by atoms with Crippen molar-refractivity contribution in [2.24, 2.45) is 5.92 Å². The van der Waals surface area contributed by atoms with E-state index in [1.807, 2.05) is 4.98 Å². The van der Waals surface area contributed by atoms with Crippen LogP contribution >= 0.6 is 0 Å². The third kappa shape index (κ3) is 2.79. The van der Waals surface area contributed by atoms with Gasteiger partial charge in [0.05, 0.1) is 5.69 Å². The van der Waals surface area contributed by atoms with Gasteiger partial charge in [-0.25, -0.2) is 13.6 Å². The Morgan fingerprint density at radius 2 is 1.96 bits per heavy atom. The number of carboxylic acids is 1. The van der Waals surface area contributed by atoms with E-state index in [-0.39, 0.29) is 5.56 Å². The molecular formula is C14H14F5NO4. The van der Waals surface area contributed by atoms with Crippen LogP contribution in [0.3, 0.4) is 0 Å². The van der Waals surface area contributed by atoms with Crippen molar-refractivity contribution in [2.75, 3.05) is 0 Å². The molecule has 5 nitrogen and oxygen atoms in total. The average Bonchev–Trinajstić information content (AvgIpc) is 2.72. The van der Waals surface area contributed by atoms with E-state index in [4.69, 9.17) is 9.84 Å². The zero-order valence-corrected chi connectivity index (χ0v) is 12.5. The van der Waals surface area contributed by atoms with Crippen LogP contribution in [-0.4, -0.2) is 33.9 Å². The first-order valence-electron chi connectivity index (χ1n) is 6.88. The number of carbonyl (C=O) groups is 1. The van der Waals surface area contributed by atoms with Gasteiger partial charge in [-0.3, -0.25) is 4.79 Å². The van der Waals surface area contributed by atoms with Gasteiger partial charge in [0.15, 0.2) is 11.7 Å². The Balaban J connectivity index is 2.55. The lowest BCUT2D eigenvalue weighted by molar-refractivity contribution is -0.273. The summed E-state index contributed by atoms with van der Waals surface area (Å²) in [6, 6.07) is 1.76. The Morgan fingerprint density at radius 1 is 1.38 bits per heavy atom. The number of hydrogen-bond acceptors (Lipinski definition) is 3. The van der Waals surface area contributed by atoms with E-state index in [0.29, 0.717) is 6.92 Å². The van der Waals surface area contributed by atoms with Crippen molar-refractivity contribution < 1.29 is 36.6 Å². The summed E-state index contributed by atoms with van der Waals surface area (Å²) in [6.07, 6.45) is -9.77. The minimum atomic E-state index is -4.87. The molecule has 2 N–H and O–H groups in total. The molecule has 0 spiro atoms. The van der Waals surface area contributed by atoms with E-state index in [1.54, 1.807) is 0 Å². The predicted octanol–water partition coefficient (Wildman–Crippen LogP) is 2.84. The number of nitrogens with one attached hydrogen (secondary N) is 1. The zero-order chi connectivity index (χ0) is 18.4. The van der Waals surface area contributed by atoms with Crippen molar-refractivity contribution in [2.45, 2.75) is 44.1 Å². The second kappa shape index (κ2) is 5.83. The minimum absolute atomic E-state index is 0.340. The average molecular weight is 355 g/mol. The lowest BCUT2D eigenvalue weighted by Gasteiger charge is -2.31. The van der Waals surface area contributed by atoms with Crippen LogP contribution in [0.2, 0.25) is 0 Å². The Morgan fingerprint density at radius 3 is 2.38 bits per heavy atom. The van der Waals surface area contributed by atoms with Crippen LogP contribution in [0.1, 0.15) is 37.4 Å². The molecule has 4 atom stereocenters. The standard InChI is InChI=1S/C14H14F5NO4/c1-5-8(6-3-4-7(10(15)16)20-11(6)21)9(12(22)23)24-13(5,2)14(17,18)19/h3-5,8-10H,1-2H3,(H,20,21)(H,22,23)/t5-,8-,9+,13+/m0/s1. The first-order valence-corrected chi connectivity index (χ1v) is 6.88. The highest BCUT2D eigenvalue weighted by Crippen LogP contribution is 2.52. The molecule has 1 aliphatic heterocycles. The van der Waals surface area contributed by atoms with Crippen molar-refractivity contribution >= 4 is 5.97 Å². The highest BCUT2D eigenvalue weighted by atomic mass is 19.4. The molecule has 1 fully saturated rings. The summed E-state index contributed by atoms with van der Waals surface area (Å²) < 4.78 is 69.8. The quantitative estimate of drug-likeness (QED) is 0.818. The molecule has 10 heteroatoms. The number of aromatic amines is 1. The summed E-state index contributed by atoms with van der Waals surface area (Å²) in [5, 5.41) is 9.17. The Labute approximate surface area is 132 Å². The Kier molecular flexibility index (Phi) is 4.47. The van der Waals surface area contributed by atoms with E-state index >= 15 is 0 Å². The fraction of sp³-hybridized carbons (Fsp3) is 0.571. The van der Waals surface area contributed by atoms with Crippen LogP contribution in [0.5, 0.6) is 0 Å². The molecule has 1 aromatic heterocycles. The number of aromatic nitrogens is 1. The third-order valence-electron chi connectivity index (χ3n) is 4.47. The van der Waals surface area contributed by atoms with E-state index in [2.05, 4.69) is 0 Å². The van der Waals surface area contributed by atoms with Crippen LogP contribution in [-0.2, 0) is 9.53 Å². The molecule has 0 unspecified atom stereocenters. The maximum absolute atomic E-state index is 13.3. The van der Waals surface area contributed by atoms with E-state index in [0.717, 1.165) is 19.1 Å². The van der Waals surface area contributed by atoms with Crippen molar-refractivity contribution in [1.29, 1.82) is 0 Å². The summed E-state index contributed by atoms with van der Waals surface area (Å²) in [7, 11) is 0. The maximum atomic E-state index is 13.3. The number of halogens is 5. The Bertz CT molecular complexity index is 701. The summed E-state index contributed by atoms with van der Waals surface area (Å²) >= 11 is 0. The van der Waals surface area contributed by atoms with Gasteiger partial charge in [0, 0.05) is 17.4 Å². The van der Waals surface area contributed by atoms with Gasteiger partial charge in [-0.1, -0.05) is 13.0 Å². The number of hydrogen-bond donors (Lipinski definition) is 2. The SMILES string of the molecule is C[C@H]1[C@@H](c2ccc(C(F)F)[nH]c2=O)[C@H](C(=O)O)O[C@@]1(C)C(F)(F)F. The van der Waals surface area contributed by atoms with Gasteiger partial charge in [-0.05, 0) is 13.0 Å². The topological polar surface area (TPSA) is 79.4 Å². The van der Waals surface area contributed by atoms with Gasteiger partial charge in [-0.15, -0.1) is 0 Å². The van der Waals surface area contributed by atoms with Gasteiger partial charge >= 0.3 is 12.1 Å². The molecule has 2 heterocycles. The predicted molar refractivity (Wildman–Crippen MR) is 70.9 cm³/mol. The van der Waals surface area contributed by atoms with Gasteiger partial charge in [-0.2, -0.15) is 13.2 Å². The summed E-state index contributed by atoms with van der Waals surface area (Å²) in [5.74, 6) is -4.53. The van der Waals surface area contributed by atoms with Gasteiger partial charge in [0.25, 0.3) is 12.0 Å². The number of pyridine rings is 1. The fourth-order valence-electron chi connectivity index (χ4n) is 2.90. The molecule has 134 valence electrons. The lowest BCUT2D eigenvalue weighted by atomic mass is 9.77. The molecule has 0 aliphatic carbocycles. The summed E-state index contributed by atoms with van der Waals surface area (Å²) in [5.41, 5.74) is -4.90. The monoisotopic (exact) mass is 355 g/mol. The number of alkyl halides is 5. The number of aliphatic carboxylic acids is 1. The fourth-order valence-corrected chi connectivity index (χ4v) is 2.90. The molecule has 1 saturated heterocycles. The molecule has 0 amide bonds. The van der Waals surface area contributed by atoms with E-state index < -0.39 is 53.4 Å².